The fourth-order valence-electron chi connectivity index (χ4n) is 2.61. The summed E-state index contributed by atoms with van der Waals surface area (Å²) in [7, 11) is 0. The lowest BCUT2D eigenvalue weighted by atomic mass is 10.1. The first-order valence-electron chi connectivity index (χ1n) is 6.94. The van der Waals surface area contributed by atoms with E-state index in [1.165, 1.54) is 19.1 Å². The number of anilines is 3. The number of benzene rings is 1. The number of pyridine rings is 1. The minimum absolute atomic E-state index is 0.00314. The summed E-state index contributed by atoms with van der Waals surface area (Å²) in [5.41, 5.74) is 2.39. The van der Waals surface area contributed by atoms with Crippen molar-refractivity contribution in [2.24, 2.45) is 0 Å². The fraction of sp³-hybridized carbons (Fsp3) is 0.200. The summed E-state index contributed by atoms with van der Waals surface area (Å²) in [5, 5.41) is 14.2. The molecular weight excluding hydrogens is 320 g/mol. The molecule has 0 fully saturated rings. The number of nitrogens with one attached hydrogen (secondary N) is 1. The molecule has 0 saturated carbocycles. The number of amides is 1. The van der Waals surface area contributed by atoms with Crippen molar-refractivity contribution in [1.29, 1.82) is 0 Å². The molecule has 0 bridgehead atoms. The van der Waals surface area contributed by atoms with Crippen LogP contribution in [0.15, 0.2) is 30.3 Å². The average molecular weight is 333 g/mol. The van der Waals surface area contributed by atoms with Crippen molar-refractivity contribution in [3.63, 3.8) is 0 Å². The third kappa shape index (κ3) is 2.95. The molecule has 1 amide bonds. The zero-order valence-electron chi connectivity index (χ0n) is 12.2. The number of hydrogen-bond donors (Lipinski definition) is 1. The lowest BCUT2D eigenvalue weighted by Gasteiger charge is -2.15. The van der Waals surface area contributed by atoms with Crippen molar-refractivity contribution in [2.75, 3.05) is 16.8 Å². The van der Waals surface area contributed by atoms with E-state index in [4.69, 9.17) is 11.6 Å². The molecule has 0 spiro atoms. The summed E-state index contributed by atoms with van der Waals surface area (Å²) in [4.78, 5) is 27.8. The Labute approximate surface area is 137 Å². The van der Waals surface area contributed by atoms with E-state index in [0.717, 1.165) is 17.7 Å². The highest BCUT2D eigenvalue weighted by Gasteiger charge is 2.23. The molecule has 7 nitrogen and oxygen atoms in total. The molecular formula is C15H13ClN4O3. The molecule has 0 saturated heterocycles. The molecule has 0 radical (unpaired) electrons. The lowest BCUT2D eigenvalue weighted by Crippen LogP contribution is -2.25. The summed E-state index contributed by atoms with van der Waals surface area (Å²) >= 11 is 5.82. The zero-order valence-corrected chi connectivity index (χ0v) is 13.0. The average Bonchev–Trinajstić information content (AvgIpc) is 2.90. The maximum Gasteiger partial charge on any atom is 0.311 e. The van der Waals surface area contributed by atoms with Crippen molar-refractivity contribution in [1.82, 2.24) is 4.98 Å². The van der Waals surface area contributed by atoms with E-state index in [2.05, 4.69) is 10.3 Å². The van der Waals surface area contributed by atoms with Gasteiger partial charge in [0, 0.05) is 30.9 Å². The van der Waals surface area contributed by atoms with Crippen molar-refractivity contribution in [2.45, 2.75) is 13.3 Å². The van der Waals surface area contributed by atoms with Crippen LogP contribution in [0.1, 0.15) is 12.5 Å². The Morgan fingerprint density at radius 3 is 2.87 bits per heavy atom. The normalized spacial score (nSPS) is 12.9. The van der Waals surface area contributed by atoms with Gasteiger partial charge in [0.2, 0.25) is 11.7 Å². The highest BCUT2D eigenvalue weighted by atomic mass is 35.5. The Morgan fingerprint density at radius 2 is 2.17 bits per heavy atom. The van der Waals surface area contributed by atoms with Crippen molar-refractivity contribution in [3.05, 3.63) is 51.2 Å². The number of nitrogens with zero attached hydrogens (tertiary/aromatic N) is 3. The van der Waals surface area contributed by atoms with E-state index in [1.54, 1.807) is 11.0 Å². The Hall–Kier alpha value is -2.67. The minimum atomic E-state index is -0.517. The van der Waals surface area contributed by atoms with Gasteiger partial charge in [-0.1, -0.05) is 11.6 Å². The van der Waals surface area contributed by atoms with Crippen LogP contribution in [0.4, 0.5) is 22.9 Å². The third-order valence-electron chi connectivity index (χ3n) is 3.65. The minimum Gasteiger partial charge on any atom is -0.334 e. The van der Waals surface area contributed by atoms with Crippen LogP contribution in [-0.4, -0.2) is 22.4 Å². The molecule has 1 aliphatic heterocycles. The lowest BCUT2D eigenvalue weighted by molar-refractivity contribution is -0.384. The van der Waals surface area contributed by atoms with Gasteiger partial charge in [-0.15, -0.1) is 0 Å². The second kappa shape index (κ2) is 5.85. The predicted molar refractivity (Wildman–Crippen MR) is 87.4 cm³/mol. The van der Waals surface area contributed by atoms with Gasteiger partial charge in [-0.3, -0.25) is 14.9 Å². The van der Waals surface area contributed by atoms with Crippen LogP contribution in [0.5, 0.6) is 0 Å². The number of carbonyl (C=O) groups excluding carboxylic acids is 1. The van der Waals surface area contributed by atoms with Gasteiger partial charge in [0.15, 0.2) is 0 Å². The number of hydrogen-bond acceptors (Lipinski definition) is 5. The highest BCUT2D eigenvalue weighted by Crippen LogP contribution is 2.33. The Kier molecular flexibility index (Phi) is 3.87. The largest absolute Gasteiger partial charge is 0.334 e. The van der Waals surface area contributed by atoms with Crippen LogP contribution < -0.4 is 10.2 Å². The number of fused-ring (bicyclic) bond motifs is 1. The maximum absolute atomic E-state index is 11.6. The summed E-state index contributed by atoms with van der Waals surface area (Å²) in [5.74, 6) is 0.0838. The van der Waals surface area contributed by atoms with Crippen LogP contribution in [-0.2, 0) is 11.2 Å². The second-order valence-corrected chi connectivity index (χ2v) is 5.54. The number of aromatic nitrogens is 1. The Bertz CT molecular complexity index is 809. The number of rotatable bonds is 3. The molecule has 2 aromatic rings. The number of carbonyl (C=O) groups is 1. The fourth-order valence-corrected chi connectivity index (χ4v) is 2.76. The Balaban J connectivity index is 1.92. The van der Waals surface area contributed by atoms with Gasteiger partial charge in [0.05, 0.1) is 4.92 Å². The van der Waals surface area contributed by atoms with Gasteiger partial charge < -0.3 is 10.2 Å². The van der Waals surface area contributed by atoms with Crippen LogP contribution in [0, 0.1) is 10.1 Å². The first-order chi connectivity index (χ1) is 11.0. The third-order valence-corrected chi connectivity index (χ3v) is 3.87. The van der Waals surface area contributed by atoms with Gasteiger partial charge >= 0.3 is 5.69 Å². The number of halogens is 1. The van der Waals surface area contributed by atoms with Crippen LogP contribution in [0.2, 0.25) is 5.15 Å². The Morgan fingerprint density at radius 1 is 1.39 bits per heavy atom. The predicted octanol–water partition coefficient (Wildman–Crippen LogP) is 3.30. The van der Waals surface area contributed by atoms with E-state index < -0.39 is 4.92 Å². The van der Waals surface area contributed by atoms with Gasteiger partial charge in [-0.25, -0.2) is 4.98 Å². The highest BCUT2D eigenvalue weighted by molar-refractivity contribution is 6.29. The molecule has 2 heterocycles. The van der Waals surface area contributed by atoms with Crippen molar-refractivity contribution in [3.8, 4) is 0 Å². The number of nitro groups is 1. The van der Waals surface area contributed by atoms with Crippen molar-refractivity contribution >= 4 is 40.4 Å². The molecule has 23 heavy (non-hydrogen) atoms. The molecule has 0 aliphatic carbocycles. The standard InChI is InChI=1S/C15H13ClN4O3/c1-9(21)19-7-6-10-8-11(2-3-12(10)19)17-15-13(20(22)23)4-5-14(16)18-15/h2-5,8H,6-7H2,1H3,(H,17,18). The molecule has 0 atom stereocenters. The molecule has 1 N–H and O–H groups in total. The van der Waals surface area contributed by atoms with E-state index in [1.807, 2.05) is 12.1 Å². The second-order valence-electron chi connectivity index (χ2n) is 5.15. The molecule has 1 aromatic heterocycles. The molecule has 0 unspecified atom stereocenters. The van der Waals surface area contributed by atoms with Gasteiger partial charge in [0.25, 0.3) is 0 Å². The van der Waals surface area contributed by atoms with Gasteiger partial charge in [-0.05, 0) is 36.2 Å². The quantitative estimate of drug-likeness (QED) is 0.529. The van der Waals surface area contributed by atoms with Crippen molar-refractivity contribution < 1.29 is 9.72 Å². The molecule has 8 heteroatoms. The summed E-state index contributed by atoms with van der Waals surface area (Å²) < 4.78 is 0. The SMILES string of the molecule is CC(=O)N1CCc2cc(Nc3nc(Cl)ccc3[N+](=O)[O-])ccc21. The summed E-state index contributed by atoms with van der Waals surface area (Å²) in [6.45, 7) is 2.17. The van der Waals surface area contributed by atoms with Gasteiger partial charge in [0.1, 0.15) is 5.15 Å². The molecule has 3 rings (SSSR count). The maximum atomic E-state index is 11.6. The zero-order chi connectivity index (χ0) is 16.6. The van der Waals surface area contributed by atoms with E-state index in [9.17, 15) is 14.9 Å². The van der Waals surface area contributed by atoms with Crippen LogP contribution in [0.3, 0.4) is 0 Å². The summed E-state index contributed by atoms with van der Waals surface area (Å²) in [6.07, 6.45) is 0.746. The monoisotopic (exact) mass is 332 g/mol. The van der Waals surface area contributed by atoms with E-state index in [0.29, 0.717) is 12.2 Å². The molecule has 1 aromatic carbocycles. The topological polar surface area (TPSA) is 88.4 Å². The summed E-state index contributed by atoms with van der Waals surface area (Å²) in [6, 6.07) is 8.13. The molecule has 118 valence electrons. The first kappa shape index (κ1) is 15.2. The van der Waals surface area contributed by atoms with Crippen LogP contribution >= 0.6 is 11.6 Å². The smallest absolute Gasteiger partial charge is 0.311 e. The van der Waals surface area contributed by atoms with Crippen LogP contribution in [0.25, 0.3) is 0 Å². The first-order valence-corrected chi connectivity index (χ1v) is 7.32. The van der Waals surface area contributed by atoms with Gasteiger partial charge in [-0.2, -0.15) is 0 Å². The molecule has 1 aliphatic rings. The van der Waals surface area contributed by atoms with E-state index in [-0.39, 0.29) is 22.6 Å². The van der Waals surface area contributed by atoms with E-state index >= 15 is 0 Å².